The summed E-state index contributed by atoms with van der Waals surface area (Å²) in [4.78, 5) is 22.4. The highest BCUT2D eigenvalue weighted by Gasteiger charge is 2.07. The van der Waals surface area contributed by atoms with Crippen molar-refractivity contribution in [3.05, 3.63) is 45.8 Å². The van der Waals surface area contributed by atoms with Crippen LogP contribution in [0.1, 0.15) is 25.0 Å². The molecule has 1 aromatic carbocycles. The van der Waals surface area contributed by atoms with Crippen molar-refractivity contribution in [1.29, 1.82) is 0 Å². The van der Waals surface area contributed by atoms with Crippen LogP contribution in [0.25, 0.3) is 11.0 Å². The van der Waals surface area contributed by atoms with E-state index in [-0.39, 0.29) is 11.5 Å². The summed E-state index contributed by atoms with van der Waals surface area (Å²) in [5.74, 6) is -0.0266. The average Bonchev–Trinajstić information content (AvgIpc) is 2.45. The molecule has 1 heterocycles. The molecule has 112 valence electrons. The lowest BCUT2D eigenvalue weighted by molar-refractivity contribution is -0.668. The summed E-state index contributed by atoms with van der Waals surface area (Å²) < 4.78 is 5.28. The molecule has 2 rings (SSSR count). The first-order valence-electron chi connectivity index (χ1n) is 7.22. The number of amides is 1. The molecular formula is C16H21N2O3+. The molecule has 5 nitrogen and oxygen atoms in total. The minimum Gasteiger partial charge on any atom is -0.423 e. The van der Waals surface area contributed by atoms with Gasteiger partial charge in [-0.1, -0.05) is 19.1 Å². The number of aryl methyl sites for hydroxylation is 1. The third-order valence-corrected chi connectivity index (χ3v) is 3.39. The molecule has 1 aromatic heterocycles. The fraction of sp³-hybridized carbons (Fsp3) is 0.375. The molecule has 0 saturated heterocycles. The van der Waals surface area contributed by atoms with Crippen LogP contribution in [0, 0.1) is 0 Å². The number of hydrogen-bond acceptors (Lipinski definition) is 3. The third kappa shape index (κ3) is 4.16. The zero-order chi connectivity index (χ0) is 15.2. The molecule has 2 aromatic rings. The Kier molecular flexibility index (Phi) is 5.11. The van der Waals surface area contributed by atoms with Gasteiger partial charge in [-0.25, -0.2) is 4.79 Å². The van der Waals surface area contributed by atoms with Gasteiger partial charge >= 0.3 is 5.63 Å². The van der Waals surface area contributed by atoms with E-state index in [1.54, 1.807) is 6.07 Å². The van der Waals surface area contributed by atoms with Crippen molar-refractivity contribution in [2.45, 2.75) is 26.8 Å². The molecule has 21 heavy (non-hydrogen) atoms. The highest BCUT2D eigenvalue weighted by atomic mass is 16.4. The van der Waals surface area contributed by atoms with Gasteiger partial charge in [0.2, 0.25) is 5.91 Å². The number of hydrogen-bond donors (Lipinski definition) is 2. The largest absolute Gasteiger partial charge is 0.423 e. The van der Waals surface area contributed by atoms with E-state index < -0.39 is 0 Å². The van der Waals surface area contributed by atoms with Crippen molar-refractivity contribution in [1.82, 2.24) is 5.32 Å². The summed E-state index contributed by atoms with van der Waals surface area (Å²) in [6, 6.07) is 7.54. The smallest absolute Gasteiger partial charge is 0.336 e. The molecule has 0 aliphatic carbocycles. The number of carbonyl (C=O) groups is 1. The van der Waals surface area contributed by atoms with E-state index in [9.17, 15) is 9.59 Å². The van der Waals surface area contributed by atoms with Crippen LogP contribution in [0.5, 0.6) is 0 Å². The van der Waals surface area contributed by atoms with Crippen LogP contribution in [0.2, 0.25) is 0 Å². The van der Waals surface area contributed by atoms with E-state index >= 15 is 0 Å². The summed E-state index contributed by atoms with van der Waals surface area (Å²) in [6.07, 6.45) is 0.909. The number of nitrogens with one attached hydrogen (secondary N) is 1. The summed E-state index contributed by atoms with van der Waals surface area (Å²) in [6.45, 7) is 5.65. The van der Waals surface area contributed by atoms with E-state index in [0.29, 0.717) is 18.7 Å². The van der Waals surface area contributed by atoms with Crippen molar-refractivity contribution in [2.24, 2.45) is 0 Å². The third-order valence-electron chi connectivity index (χ3n) is 3.39. The molecule has 1 amide bonds. The van der Waals surface area contributed by atoms with Crippen molar-refractivity contribution in [3.8, 4) is 0 Å². The first-order valence-corrected chi connectivity index (χ1v) is 7.22. The molecule has 0 aliphatic heterocycles. The maximum absolute atomic E-state index is 11.6. The Morgan fingerprint density at radius 1 is 1.33 bits per heavy atom. The number of benzene rings is 1. The van der Waals surface area contributed by atoms with Crippen LogP contribution >= 0.6 is 0 Å². The van der Waals surface area contributed by atoms with E-state index in [1.165, 1.54) is 6.92 Å². The normalized spacial score (nSPS) is 10.8. The molecule has 0 bridgehead atoms. The Hall–Kier alpha value is -2.14. The van der Waals surface area contributed by atoms with Gasteiger partial charge in [0.05, 0.1) is 13.1 Å². The lowest BCUT2D eigenvalue weighted by Gasteiger charge is -2.06. The van der Waals surface area contributed by atoms with Gasteiger partial charge in [-0.05, 0) is 18.1 Å². The van der Waals surface area contributed by atoms with Gasteiger partial charge in [0.25, 0.3) is 0 Å². The van der Waals surface area contributed by atoms with Gasteiger partial charge in [0.1, 0.15) is 12.1 Å². The molecule has 5 heteroatoms. The molecule has 0 unspecified atom stereocenters. The number of fused-ring (bicyclic) bond motifs is 1. The van der Waals surface area contributed by atoms with Crippen LogP contribution in [-0.2, 0) is 17.8 Å². The average molecular weight is 289 g/mol. The first-order chi connectivity index (χ1) is 10.1. The zero-order valence-electron chi connectivity index (χ0n) is 12.4. The topological polar surface area (TPSA) is 75.9 Å². The molecule has 0 fully saturated rings. The number of nitrogens with two attached hydrogens (primary N) is 1. The SMILES string of the molecule is CCc1ccc2c(C[NH2+]CCNC(C)=O)cc(=O)oc2c1. The zero-order valence-corrected chi connectivity index (χ0v) is 12.4. The molecule has 0 atom stereocenters. The Labute approximate surface area is 123 Å². The van der Waals surface area contributed by atoms with Crippen molar-refractivity contribution >= 4 is 16.9 Å². The second kappa shape index (κ2) is 7.04. The Morgan fingerprint density at radius 3 is 2.86 bits per heavy atom. The number of rotatable bonds is 6. The predicted molar refractivity (Wildman–Crippen MR) is 81.0 cm³/mol. The van der Waals surface area contributed by atoms with Gasteiger partial charge in [-0.3, -0.25) is 4.79 Å². The fourth-order valence-corrected chi connectivity index (χ4v) is 2.27. The molecular weight excluding hydrogens is 268 g/mol. The van der Waals surface area contributed by atoms with Crippen LogP contribution in [0.4, 0.5) is 0 Å². The van der Waals surface area contributed by atoms with Crippen LogP contribution in [-0.4, -0.2) is 19.0 Å². The minimum atomic E-state index is -0.319. The lowest BCUT2D eigenvalue weighted by atomic mass is 10.1. The lowest BCUT2D eigenvalue weighted by Crippen LogP contribution is -2.84. The van der Waals surface area contributed by atoms with E-state index in [2.05, 4.69) is 23.6 Å². The highest BCUT2D eigenvalue weighted by Crippen LogP contribution is 2.18. The highest BCUT2D eigenvalue weighted by molar-refractivity contribution is 5.80. The van der Waals surface area contributed by atoms with Crippen molar-refractivity contribution < 1.29 is 14.5 Å². The number of quaternary nitrogens is 1. The van der Waals surface area contributed by atoms with E-state index in [0.717, 1.165) is 29.5 Å². The summed E-state index contributed by atoms with van der Waals surface area (Å²) in [5.41, 5.74) is 2.44. The molecule has 0 aliphatic rings. The summed E-state index contributed by atoms with van der Waals surface area (Å²) in [5, 5.41) is 5.79. The maximum atomic E-state index is 11.6. The Balaban J connectivity index is 2.12. The Bertz CT molecular complexity index is 691. The van der Waals surface area contributed by atoms with Gasteiger partial charge in [0.15, 0.2) is 0 Å². The summed E-state index contributed by atoms with van der Waals surface area (Å²) in [7, 11) is 0. The van der Waals surface area contributed by atoms with Gasteiger partial charge in [-0.15, -0.1) is 0 Å². The van der Waals surface area contributed by atoms with Crippen LogP contribution < -0.4 is 16.3 Å². The molecule has 3 N–H and O–H groups in total. The maximum Gasteiger partial charge on any atom is 0.336 e. The van der Waals surface area contributed by atoms with Gasteiger partial charge in [0, 0.05) is 23.9 Å². The second-order valence-corrected chi connectivity index (χ2v) is 5.04. The Morgan fingerprint density at radius 2 is 2.14 bits per heavy atom. The predicted octanol–water partition coefficient (Wildman–Crippen LogP) is 0.555. The van der Waals surface area contributed by atoms with Crippen LogP contribution in [0.15, 0.2) is 33.5 Å². The van der Waals surface area contributed by atoms with E-state index in [1.807, 2.05) is 12.1 Å². The molecule has 0 saturated carbocycles. The van der Waals surface area contributed by atoms with E-state index in [4.69, 9.17) is 4.42 Å². The monoisotopic (exact) mass is 289 g/mol. The van der Waals surface area contributed by atoms with Gasteiger partial charge in [-0.2, -0.15) is 0 Å². The fourth-order valence-electron chi connectivity index (χ4n) is 2.27. The first kappa shape index (κ1) is 15.3. The molecule has 0 spiro atoms. The number of carbonyl (C=O) groups excluding carboxylic acids is 1. The van der Waals surface area contributed by atoms with Gasteiger partial charge < -0.3 is 15.1 Å². The minimum absolute atomic E-state index is 0.0266. The standard InChI is InChI=1S/C16H20N2O3/c1-3-12-4-5-14-13(9-16(20)21-15(14)8-12)10-17-6-7-18-11(2)19/h4-5,8-9,17H,3,6-7,10H2,1-2H3,(H,18,19)/p+1. The summed E-state index contributed by atoms with van der Waals surface area (Å²) >= 11 is 0. The quantitative estimate of drug-likeness (QED) is 0.602. The van der Waals surface area contributed by atoms with Crippen LogP contribution in [0.3, 0.4) is 0 Å². The van der Waals surface area contributed by atoms with Crippen molar-refractivity contribution in [3.63, 3.8) is 0 Å². The molecule has 0 radical (unpaired) electrons. The van der Waals surface area contributed by atoms with Crippen molar-refractivity contribution in [2.75, 3.05) is 13.1 Å². The second-order valence-electron chi connectivity index (χ2n) is 5.04.